The van der Waals surface area contributed by atoms with Gasteiger partial charge in [-0.25, -0.2) is 19.3 Å². The van der Waals surface area contributed by atoms with Crippen molar-refractivity contribution in [3.8, 4) is 0 Å². The summed E-state index contributed by atoms with van der Waals surface area (Å²) in [6, 6.07) is 1.72. The molecule has 0 spiro atoms. The van der Waals surface area contributed by atoms with Gasteiger partial charge in [0, 0.05) is 6.20 Å². The third-order valence-electron chi connectivity index (χ3n) is 1.95. The second-order valence-electron chi connectivity index (χ2n) is 4.57. The number of carbonyl (C=O) groups excluding carboxylic acids is 1. The lowest BCUT2D eigenvalue weighted by atomic mass is 10.2. The fourth-order valence-electron chi connectivity index (χ4n) is 1.35. The highest BCUT2D eigenvalue weighted by molar-refractivity contribution is 9.10. The largest absolute Gasteiger partial charge is 0.443 e. The number of fused-ring (bicyclic) bond motifs is 1. The van der Waals surface area contributed by atoms with Crippen LogP contribution in [0.4, 0.5) is 4.79 Å². The van der Waals surface area contributed by atoms with Crippen molar-refractivity contribution < 1.29 is 9.53 Å². The molecule has 0 unspecified atom stereocenters. The lowest BCUT2D eigenvalue weighted by Crippen LogP contribution is -2.26. The van der Waals surface area contributed by atoms with Gasteiger partial charge in [0.2, 0.25) is 0 Å². The molecule has 2 rings (SSSR count). The summed E-state index contributed by atoms with van der Waals surface area (Å²) >= 11 is 3.23. The van der Waals surface area contributed by atoms with Gasteiger partial charge in [-0.15, -0.1) is 0 Å². The molecule has 2 aromatic rings. The second kappa shape index (κ2) is 4.10. The molecule has 90 valence electrons. The summed E-state index contributed by atoms with van der Waals surface area (Å²) in [6.45, 7) is 5.45. The van der Waals surface area contributed by atoms with E-state index in [2.05, 4.69) is 25.9 Å². The van der Waals surface area contributed by atoms with E-state index in [-0.39, 0.29) is 0 Å². The van der Waals surface area contributed by atoms with Crippen molar-refractivity contribution in [1.29, 1.82) is 0 Å². The third-order valence-corrected chi connectivity index (χ3v) is 2.33. The van der Waals surface area contributed by atoms with E-state index >= 15 is 0 Å². The zero-order valence-corrected chi connectivity index (χ0v) is 11.4. The van der Waals surface area contributed by atoms with Crippen LogP contribution in [0.3, 0.4) is 0 Å². The van der Waals surface area contributed by atoms with Crippen LogP contribution in [0.1, 0.15) is 20.8 Å². The number of hydrogen-bond acceptors (Lipinski definition) is 4. The lowest BCUT2D eigenvalue weighted by molar-refractivity contribution is 0.0543. The second-order valence-corrected chi connectivity index (χ2v) is 5.38. The molecule has 0 bridgehead atoms. The Morgan fingerprint density at radius 3 is 2.82 bits per heavy atom. The van der Waals surface area contributed by atoms with Crippen LogP contribution in [-0.4, -0.2) is 26.2 Å². The zero-order valence-electron chi connectivity index (χ0n) is 9.77. The average Bonchev–Trinajstić information content (AvgIpc) is 2.57. The monoisotopic (exact) mass is 297 g/mol. The van der Waals surface area contributed by atoms with Crippen molar-refractivity contribution in [2.75, 3.05) is 0 Å². The van der Waals surface area contributed by atoms with E-state index in [9.17, 15) is 4.79 Å². The minimum absolute atomic E-state index is 0.455. The molecule has 0 atom stereocenters. The average molecular weight is 298 g/mol. The Balaban J connectivity index is 2.40. The molecule has 0 saturated heterocycles. The molecule has 0 aliphatic heterocycles. The van der Waals surface area contributed by atoms with Gasteiger partial charge in [-0.3, -0.25) is 0 Å². The minimum Gasteiger partial charge on any atom is -0.443 e. The highest BCUT2D eigenvalue weighted by Crippen LogP contribution is 2.16. The first-order valence-electron chi connectivity index (χ1n) is 5.10. The standard InChI is InChI=1S/C11H12BrN3O2/c1-11(2,3)17-10(16)15-5-4-7-9(15)13-6-8(12)14-7/h4-6H,1-3H3. The lowest BCUT2D eigenvalue weighted by Gasteiger charge is -2.19. The Morgan fingerprint density at radius 1 is 1.47 bits per heavy atom. The van der Waals surface area contributed by atoms with Crippen molar-refractivity contribution in [2.24, 2.45) is 0 Å². The maximum atomic E-state index is 11.9. The van der Waals surface area contributed by atoms with Crippen molar-refractivity contribution in [1.82, 2.24) is 14.5 Å². The van der Waals surface area contributed by atoms with Crippen LogP contribution in [0.2, 0.25) is 0 Å². The summed E-state index contributed by atoms with van der Waals surface area (Å²) in [5.74, 6) is 0. The molecule has 0 radical (unpaired) electrons. The number of ether oxygens (including phenoxy) is 1. The maximum Gasteiger partial charge on any atom is 0.420 e. The number of nitrogens with zero attached hydrogens (tertiary/aromatic N) is 3. The van der Waals surface area contributed by atoms with E-state index in [1.165, 1.54) is 4.57 Å². The predicted molar refractivity (Wildman–Crippen MR) is 66.9 cm³/mol. The molecule has 6 heteroatoms. The van der Waals surface area contributed by atoms with Gasteiger partial charge in [-0.05, 0) is 42.8 Å². The van der Waals surface area contributed by atoms with Crippen LogP contribution in [0.25, 0.3) is 11.2 Å². The van der Waals surface area contributed by atoms with Crippen LogP contribution in [0.5, 0.6) is 0 Å². The first-order chi connectivity index (χ1) is 7.87. The maximum absolute atomic E-state index is 11.9. The van der Waals surface area contributed by atoms with Crippen molar-refractivity contribution in [2.45, 2.75) is 26.4 Å². The molecule has 0 N–H and O–H groups in total. The molecule has 0 aromatic carbocycles. The first-order valence-corrected chi connectivity index (χ1v) is 5.89. The summed E-state index contributed by atoms with van der Waals surface area (Å²) in [6.07, 6.45) is 2.69. The number of aromatic nitrogens is 3. The van der Waals surface area contributed by atoms with Gasteiger partial charge in [-0.1, -0.05) is 0 Å². The Labute approximate surface area is 107 Å². The summed E-state index contributed by atoms with van der Waals surface area (Å²) < 4.78 is 7.24. The van der Waals surface area contributed by atoms with E-state index < -0.39 is 11.7 Å². The molecule has 17 heavy (non-hydrogen) atoms. The van der Waals surface area contributed by atoms with Crippen LogP contribution < -0.4 is 0 Å². The summed E-state index contributed by atoms with van der Waals surface area (Å²) in [5.41, 5.74) is 0.601. The summed E-state index contributed by atoms with van der Waals surface area (Å²) in [5, 5.41) is 0. The van der Waals surface area contributed by atoms with Crippen molar-refractivity contribution in [3.05, 3.63) is 23.1 Å². The van der Waals surface area contributed by atoms with Gasteiger partial charge in [0.25, 0.3) is 0 Å². The van der Waals surface area contributed by atoms with Crippen LogP contribution in [0.15, 0.2) is 23.1 Å². The highest BCUT2D eigenvalue weighted by Gasteiger charge is 2.19. The van der Waals surface area contributed by atoms with E-state index in [1.807, 2.05) is 20.8 Å². The quantitative estimate of drug-likeness (QED) is 0.750. The van der Waals surface area contributed by atoms with Gasteiger partial charge >= 0.3 is 6.09 Å². The third kappa shape index (κ3) is 2.63. The SMILES string of the molecule is CC(C)(C)OC(=O)n1ccc2nc(Br)cnc21. The molecule has 2 aromatic heterocycles. The van der Waals surface area contributed by atoms with Crippen LogP contribution in [-0.2, 0) is 4.74 Å². The Hall–Kier alpha value is -1.43. The first kappa shape index (κ1) is 12.0. The molecular weight excluding hydrogens is 286 g/mol. The van der Waals surface area contributed by atoms with Crippen LogP contribution in [0, 0.1) is 0 Å². The van der Waals surface area contributed by atoms with Gasteiger partial charge in [-0.2, -0.15) is 0 Å². The number of rotatable bonds is 0. The topological polar surface area (TPSA) is 57.0 Å². The fourth-order valence-corrected chi connectivity index (χ4v) is 1.64. The van der Waals surface area contributed by atoms with Crippen molar-refractivity contribution >= 4 is 33.2 Å². The minimum atomic E-state index is -0.531. The van der Waals surface area contributed by atoms with Gasteiger partial charge < -0.3 is 4.74 Å². The van der Waals surface area contributed by atoms with Gasteiger partial charge in [0.15, 0.2) is 5.65 Å². The smallest absolute Gasteiger partial charge is 0.420 e. The zero-order chi connectivity index (χ0) is 12.6. The Bertz CT molecular complexity index is 572. The highest BCUT2D eigenvalue weighted by atomic mass is 79.9. The fraction of sp³-hybridized carbons (Fsp3) is 0.364. The van der Waals surface area contributed by atoms with Gasteiger partial charge in [0.05, 0.1) is 6.20 Å². The Morgan fingerprint density at radius 2 is 2.18 bits per heavy atom. The predicted octanol–water partition coefficient (Wildman–Crippen LogP) is 2.98. The number of halogens is 1. The molecule has 0 fully saturated rings. The normalized spacial score (nSPS) is 11.8. The molecular formula is C11H12BrN3O2. The van der Waals surface area contributed by atoms with Crippen molar-refractivity contribution in [3.63, 3.8) is 0 Å². The number of carbonyl (C=O) groups is 1. The van der Waals surface area contributed by atoms with E-state index in [1.54, 1.807) is 18.5 Å². The summed E-state index contributed by atoms with van der Waals surface area (Å²) in [4.78, 5) is 20.2. The molecule has 0 aliphatic carbocycles. The van der Waals surface area contributed by atoms with E-state index in [0.29, 0.717) is 15.8 Å². The molecule has 0 amide bonds. The van der Waals surface area contributed by atoms with E-state index in [0.717, 1.165) is 0 Å². The molecule has 0 saturated carbocycles. The van der Waals surface area contributed by atoms with E-state index in [4.69, 9.17) is 4.74 Å². The molecule has 0 aliphatic rings. The Kier molecular flexibility index (Phi) is 2.91. The van der Waals surface area contributed by atoms with Crippen LogP contribution >= 0.6 is 15.9 Å². The van der Waals surface area contributed by atoms with Gasteiger partial charge in [0.1, 0.15) is 15.7 Å². The summed E-state index contributed by atoms with van der Waals surface area (Å²) in [7, 11) is 0. The molecule has 5 nitrogen and oxygen atoms in total. The molecule has 2 heterocycles. The number of hydrogen-bond donors (Lipinski definition) is 0.